The molecule has 19 rings (SSSR count). The molecule has 0 saturated carbocycles. The van der Waals surface area contributed by atoms with Crippen molar-refractivity contribution in [1.82, 2.24) is 28.2 Å². The molecule has 0 aliphatic heterocycles. The average Bonchev–Trinajstić information content (AvgIpc) is 1.90. The highest BCUT2D eigenvalue weighted by Gasteiger charge is 2.30. The van der Waals surface area contributed by atoms with E-state index >= 15 is 0 Å². The molecule has 0 saturated heterocycles. The summed E-state index contributed by atoms with van der Waals surface area (Å²) in [5.41, 5.74) is 23.4. The van der Waals surface area contributed by atoms with Crippen molar-refractivity contribution in [3.8, 4) is 78.9 Å². The lowest BCUT2D eigenvalue weighted by molar-refractivity contribution is 0.999. The fraction of sp³-hybridized carbons (Fsp3) is 0. The summed E-state index contributed by atoms with van der Waals surface area (Å²) >= 11 is 0. The molecule has 5 heterocycles. The quantitative estimate of drug-likeness (QED) is 0.160. The Morgan fingerprint density at radius 2 is 0.593 bits per heavy atom. The lowest BCUT2D eigenvalue weighted by Crippen LogP contribution is -2.05. The van der Waals surface area contributed by atoms with Gasteiger partial charge in [0.15, 0.2) is 0 Å². The third-order valence-electron chi connectivity index (χ3n) is 18.3. The summed E-state index contributed by atoms with van der Waals surface area (Å²) in [6, 6.07) is 106. The first-order valence-electron chi connectivity index (χ1n) is 29.5. The zero-order valence-corrected chi connectivity index (χ0v) is 46.4. The van der Waals surface area contributed by atoms with Crippen molar-refractivity contribution >= 4 is 98.0 Å². The van der Waals surface area contributed by atoms with Crippen molar-refractivity contribution in [3.05, 3.63) is 291 Å². The topological polar surface area (TPSA) is 45.5 Å². The monoisotopic (exact) mass is 1090 g/mol. The van der Waals surface area contributed by atoms with Gasteiger partial charge in [0.2, 0.25) is 5.95 Å². The van der Waals surface area contributed by atoms with Gasteiger partial charge in [-0.3, -0.25) is 4.57 Å². The number of aromatic nitrogens is 6. The summed E-state index contributed by atoms with van der Waals surface area (Å²) in [7, 11) is 0. The van der Waals surface area contributed by atoms with E-state index in [0.717, 1.165) is 94.7 Å². The van der Waals surface area contributed by atoms with Crippen molar-refractivity contribution in [2.24, 2.45) is 0 Å². The molecule has 18 aromatic rings. The Morgan fingerprint density at radius 3 is 1.10 bits per heavy atom. The molecule has 1 aliphatic carbocycles. The highest BCUT2D eigenvalue weighted by atomic mass is 15.2. The SMILES string of the molecule is c1ccc(-n2c3ccccc3c3cc(-c4ccc5c(c4)c4ccccc4n5-c4ccc(-c5nc(-n6c7ccccc7c7ccc(-c8ccc9c(c8)c8ccccc8n9-c8ccccc8)cc76)nc6c5-c5cccc7cccc-6c57)cc4)ccc32)cc1. The number of para-hydroxylation sites is 6. The molecule has 86 heavy (non-hydrogen) atoms. The second-order valence-electron chi connectivity index (χ2n) is 22.9. The maximum absolute atomic E-state index is 5.76. The summed E-state index contributed by atoms with van der Waals surface area (Å²) in [5, 5.41) is 12.1. The Morgan fingerprint density at radius 1 is 0.221 bits per heavy atom. The maximum Gasteiger partial charge on any atom is 0.235 e. The lowest BCUT2D eigenvalue weighted by Gasteiger charge is -2.15. The molecule has 13 aromatic carbocycles. The normalized spacial score (nSPS) is 12.2. The third-order valence-corrected chi connectivity index (χ3v) is 18.3. The van der Waals surface area contributed by atoms with Gasteiger partial charge < -0.3 is 13.7 Å². The van der Waals surface area contributed by atoms with Crippen LogP contribution in [0.4, 0.5) is 0 Å². The van der Waals surface area contributed by atoms with Crippen LogP contribution in [0.15, 0.2) is 291 Å². The van der Waals surface area contributed by atoms with Crippen LogP contribution in [0, 0.1) is 0 Å². The maximum atomic E-state index is 5.76. The summed E-state index contributed by atoms with van der Waals surface area (Å²) in [6.07, 6.45) is 0. The molecule has 0 unspecified atom stereocenters. The summed E-state index contributed by atoms with van der Waals surface area (Å²) in [5.74, 6) is 0.636. The van der Waals surface area contributed by atoms with E-state index in [9.17, 15) is 0 Å². The number of hydrogen-bond acceptors (Lipinski definition) is 2. The largest absolute Gasteiger partial charge is 0.309 e. The van der Waals surface area contributed by atoms with Crippen LogP contribution in [0.1, 0.15) is 0 Å². The molecule has 6 heteroatoms. The molecule has 398 valence electrons. The fourth-order valence-corrected chi connectivity index (χ4v) is 14.5. The zero-order valence-electron chi connectivity index (χ0n) is 46.4. The molecule has 0 fully saturated rings. The molecule has 0 N–H and O–H groups in total. The number of benzene rings is 13. The fourth-order valence-electron chi connectivity index (χ4n) is 14.5. The van der Waals surface area contributed by atoms with Gasteiger partial charge in [0.1, 0.15) is 0 Å². The summed E-state index contributed by atoms with van der Waals surface area (Å²) in [6.45, 7) is 0. The van der Waals surface area contributed by atoms with E-state index in [1.807, 2.05) is 0 Å². The van der Waals surface area contributed by atoms with Gasteiger partial charge in [-0.15, -0.1) is 0 Å². The molecule has 5 aromatic heterocycles. The highest BCUT2D eigenvalue weighted by molar-refractivity contribution is 6.18. The van der Waals surface area contributed by atoms with E-state index in [0.29, 0.717) is 5.95 Å². The van der Waals surface area contributed by atoms with Gasteiger partial charge >= 0.3 is 0 Å². The Bertz CT molecular complexity index is 5870. The first-order chi connectivity index (χ1) is 42.7. The standard InChI is InChI=1S/C80H48N6/c1-3-19-55(20-4-1)83-68-29-11-8-24-59(68)65-45-51(36-42-72(65)83)52-37-43-74-66(46-52)61-26-10-13-31-70(61)85(74)57-39-33-50(34-40-57)78-77-63-27-15-17-49-18-16-28-64(76(49)63)79(77)82-80(81-78)86-71-32-14-7-23-58(71)62-41-35-54(48-75(62)86)53-38-44-73-67(47-53)60-25-9-12-30-69(60)84(73)56-21-5-2-6-22-56/h1-48H. The Kier molecular flexibility index (Phi) is 9.80. The van der Waals surface area contributed by atoms with Crippen LogP contribution in [0.3, 0.4) is 0 Å². The molecular weight excluding hydrogens is 1040 g/mol. The van der Waals surface area contributed by atoms with Gasteiger partial charge in [0.05, 0.1) is 55.5 Å². The van der Waals surface area contributed by atoms with Gasteiger partial charge in [-0.1, -0.05) is 188 Å². The van der Waals surface area contributed by atoms with E-state index in [-0.39, 0.29) is 0 Å². The van der Waals surface area contributed by atoms with E-state index in [1.165, 1.54) is 76.3 Å². The van der Waals surface area contributed by atoms with Gasteiger partial charge in [0.25, 0.3) is 0 Å². The van der Waals surface area contributed by atoms with Crippen LogP contribution >= 0.6 is 0 Å². The van der Waals surface area contributed by atoms with Crippen LogP contribution in [0.2, 0.25) is 0 Å². The Balaban J connectivity index is 0.757. The first-order valence-corrected chi connectivity index (χ1v) is 29.5. The van der Waals surface area contributed by atoms with Crippen molar-refractivity contribution in [1.29, 1.82) is 0 Å². The van der Waals surface area contributed by atoms with Gasteiger partial charge in [-0.25, -0.2) is 9.97 Å². The van der Waals surface area contributed by atoms with Gasteiger partial charge in [-0.2, -0.15) is 0 Å². The number of fused-ring (bicyclic) bond motifs is 15. The van der Waals surface area contributed by atoms with Crippen LogP contribution in [0.5, 0.6) is 0 Å². The molecule has 0 spiro atoms. The van der Waals surface area contributed by atoms with E-state index in [2.05, 4.69) is 309 Å². The number of nitrogens with zero attached hydrogens (tertiary/aromatic N) is 6. The molecule has 6 nitrogen and oxygen atoms in total. The first kappa shape index (κ1) is 46.9. The van der Waals surface area contributed by atoms with E-state index < -0.39 is 0 Å². The average molecular weight is 1090 g/mol. The van der Waals surface area contributed by atoms with Gasteiger partial charge in [0, 0.05) is 76.8 Å². The van der Waals surface area contributed by atoms with Crippen molar-refractivity contribution in [2.75, 3.05) is 0 Å². The summed E-state index contributed by atoms with van der Waals surface area (Å²) in [4.78, 5) is 11.4. The molecule has 0 bridgehead atoms. The van der Waals surface area contributed by atoms with Crippen LogP contribution in [0.25, 0.3) is 177 Å². The van der Waals surface area contributed by atoms with Crippen LogP contribution in [-0.4, -0.2) is 28.2 Å². The van der Waals surface area contributed by atoms with Crippen LogP contribution < -0.4 is 0 Å². The third kappa shape index (κ3) is 6.72. The zero-order chi connectivity index (χ0) is 56.1. The minimum atomic E-state index is 0.636. The lowest BCUT2D eigenvalue weighted by atomic mass is 9.99. The predicted molar refractivity (Wildman–Crippen MR) is 358 cm³/mol. The highest BCUT2D eigenvalue weighted by Crippen LogP contribution is 2.51. The molecule has 0 atom stereocenters. The van der Waals surface area contributed by atoms with Crippen molar-refractivity contribution < 1.29 is 0 Å². The second-order valence-corrected chi connectivity index (χ2v) is 22.9. The van der Waals surface area contributed by atoms with Gasteiger partial charge in [-0.05, 0) is 142 Å². The van der Waals surface area contributed by atoms with Crippen molar-refractivity contribution in [3.63, 3.8) is 0 Å². The molecule has 0 amide bonds. The van der Waals surface area contributed by atoms with Crippen LogP contribution in [-0.2, 0) is 0 Å². The Hall–Kier alpha value is -11.6. The molecular formula is C80H48N6. The minimum Gasteiger partial charge on any atom is -0.309 e. The van der Waals surface area contributed by atoms with E-state index in [4.69, 9.17) is 9.97 Å². The second kappa shape index (κ2) is 18.0. The van der Waals surface area contributed by atoms with Crippen molar-refractivity contribution in [2.45, 2.75) is 0 Å². The van der Waals surface area contributed by atoms with E-state index in [1.54, 1.807) is 0 Å². The number of rotatable bonds is 7. The minimum absolute atomic E-state index is 0.636. The Labute approximate surface area is 493 Å². The number of hydrogen-bond donors (Lipinski definition) is 0. The predicted octanol–water partition coefficient (Wildman–Crippen LogP) is 20.7. The molecule has 0 radical (unpaired) electrons. The smallest absolute Gasteiger partial charge is 0.235 e. The summed E-state index contributed by atoms with van der Waals surface area (Å²) < 4.78 is 9.46. The molecule has 1 aliphatic rings.